The minimum Gasteiger partial charge on any atom is -0.374 e. The lowest BCUT2D eigenvalue weighted by atomic mass is 9.61. The van der Waals surface area contributed by atoms with E-state index in [2.05, 4.69) is 5.18 Å². The second-order valence-corrected chi connectivity index (χ2v) is 3.38. The summed E-state index contributed by atoms with van der Waals surface area (Å²) in [5, 5.41) is 3.03. The first-order valence-corrected chi connectivity index (χ1v) is 3.96. The molecule has 1 radical (unpaired) electrons. The Kier molecular flexibility index (Phi) is 2.65. The largest absolute Gasteiger partial charge is 0.374 e. The molecule has 1 fully saturated rings. The van der Waals surface area contributed by atoms with Crippen LogP contribution in [0.1, 0.15) is 20.3 Å². The van der Waals surface area contributed by atoms with Crippen LogP contribution in [0.5, 0.6) is 0 Å². The molecule has 0 aromatic carbocycles. The predicted octanol–water partition coefficient (Wildman–Crippen LogP) is 1.40. The van der Waals surface area contributed by atoms with Crippen LogP contribution in [0.2, 0.25) is 6.32 Å². The van der Waals surface area contributed by atoms with E-state index in [0.29, 0.717) is 0 Å². The van der Waals surface area contributed by atoms with Crippen LogP contribution in [0.4, 0.5) is 0 Å². The highest BCUT2D eigenvalue weighted by atomic mass is 16.5. The van der Waals surface area contributed by atoms with E-state index in [0.717, 1.165) is 19.3 Å². The zero-order chi connectivity index (χ0) is 8.32. The summed E-state index contributed by atoms with van der Waals surface area (Å²) in [4.78, 5) is 10.4. The number of ether oxygens (including phenoxy) is 1. The van der Waals surface area contributed by atoms with Gasteiger partial charge in [0.15, 0.2) is 7.28 Å². The fraction of sp³-hybridized carbons (Fsp3) is 1.00. The fourth-order valence-corrected chi connectivity index (χ4v) is 1.23. The van der Waals surface area contributed by atoms with Crippen LogP contribution >= 0.6 is 0 Å². The van der Waals surface area contributed by atoms with Crippen molar-refractivity contribution in [1.82, 2.24) is 0 Å². The van der Waals surface area contributed by atoms with Gasteiger partial charge in [0.2, 0.25) is 0 Å². The van der Waals surface area contributed by atoms with Gasteiger partial charge in [-0.3, -0.25) is 0 Å². The molecular weight excluding hydrogens is 141 g/mol. The first-order chi connectivity index (χ1) is 5.17. The molecule has 1 aliphatic rings. The van der Waals surface area contributed by atoms with Crippen molar-refractivity contribution < 1.29 is 4.74 Å². The third-order valence-corrected chi connectivity index (χ3v) is 2.04. The summed E-state index contributed by atoms with van der Waals surface area (Å²) in [6.07, 6.45) is 1.93. The monoisotopic (exact) mass is 154 g/mol. The summed E-state index contributed by atoms with van der Waals surface area (Å²) in [5.74, 6) is -0.287. The van der Waals surface area contributed by atoms with E-state index >= 15 is 0 Å². The van der Waals surface area contributed by atoms with Crippen LogP contribution in [-0.4, -0.2) is 25.4 Å². The first kappa shape index (κ1) is 8.72. The summed E-state index contributed by atoms with van der Waals surface area (Å²) >= 11 is 0. The van der Waals surface area contributed by atoms with Crippen LogP contribution in [0.25, 0.3) is 0 Å². The van der Waals surface area contributed by atoms with Crippen molar-refractivity contribution in [1.29, 1.82) is 0 Å². The smallest absolute Gasteiger partial charge is 0.152 e. The van der Waals surface area contributed by atoms with Gasteiger partial charge < -0.3 is 4.74 Å². The molecule has 0 aliphatic carbocycles. The minimum absolute atomic E-state index is 0.287. The second kappa shape index (κ2) is 3.35. The van der Waals surface area contributed by atoms with Gasteiger partial charge in [0, 0.05) is 6.61 Å². The van der Waals surface area contributed by atoms with E-state index in [1.807, 2.05) is 21.1 Å². The van der Waals surface area contributed by atoms with Gasteiger partial charge in [-0.2, -0.15) is 4.91 Å². The fourth-order valence-electron chi connectivity index (χ4n) is 1.23. The molecule has 0 saturated carbocycles. The lowest BCUT2D eigenvalue weighted by molar-refractivity contribution is -0.0149. The number of hydrogen-bond acceptors (Lipinski definition) is 3. The first-order valence-electron chi connectivity index (χ1n) is 3.96. The quantitative estimate of drug-likeness (QED) is 0.422. The van der Waals surface area contributed by atoms with Crippen LogP contribution in [0.15, 0.2) is 5.18 Å². The highest BCUT2D eigenvalue weighted by molar-refractivity contribution is 6.38. The molecule has 1 rings (SSSR count). The van der Waals surface area contributed by atoms with E-state index in [4.69, 9.17) is 4.74 Å². The van der Waals surface area contributed by atoms with E-state index in [-0.39, 0.29) is 5.94 Å². The molecule has 1 saturated heterocycles. The van der Waals surface area contributed by atoms with Crippen molar-refractivity contribution in [2.45, 2.75) is 38.1 Å². The zero-order valence-electron chi connectivity index (χ0n) is 7.04. The SMILES string of the molecule is CC1(C)OCCC[B][C@@H]1N=O. The maximum absolute atomic E-state index is 10.4. The molecule has 0 bridgehead atoms. The average molecular weight is 154 g/mol. The van der Waals surface area contributed by atoms with Crippen molar-refractivity contribution in [3.63, 3.8) is 0 Å². The van der Waals surface area contributed by atoms with Crippen LogP contribution in [0.3, 0.4) is 0 Å². The average Bonchev–Trinajstić information content (AvgIpc) is 2.10. The van der Waals surface area contributed by atoms with Crippen LogP contribution in [0, 0.1) is 4.91 Å². The molecule has 1 aliphatic heterocycles. The molecule has 4 heteroatoms. The maximum Gasteiger partial charge on any atom is 0.152 e. The molecule has 0 unspecified atom stereocenters. The Morgan fingerprint density at radius 3 is 3.00 bits per heavy atom. The summed E-state index contributed by atoms with van der Waals surface area (Å²) in [5.41, 5.74) is -0.405. The Morgan fingerprint density at radius 1 is 1.64 bits per heavy atom. The van der Waals surface area contributed by atoms with Crippen molar-refractivity contribution in [3.8, 4) is 0 Å². The zero-order valence-corrected chi connectivity index (χ0v) is 7.04. The molecule has 0 aromatic heterocycles. The van der Waals surface area contributed by atoms with E-state index in [1.54, 1.807) is 0 Å². The van der Waals surface area contributed by atoms with Gasteiger partial charge >= 0.3 is 0 Å². The van der Waals surface area contributed by atoms with Gasteiger partial charge in [0.25, 0.3) is 0 Å². The van der Waals surface area contributed by atoms with Gasteiger partial charge in [-0.1, -0.05) is 11.5 Å². The minimum atomic E-state index is -0.405. The third-order valence-electron chi connectivity index (χ3n) is 2.04. The highest BCUT2D eigenvalue weighted by Gasteiger charge is 2.33. The molecule has 0 N–H and O–H groups in total. The molecule has 1 heterocycles. The Labute approximate surface area is 67.7 Å². The van der Waals surface area contributed by atoms with Gasteiger partial charge in [-0.25, -0.2) is 0 Å². The molecule has 61 valence electrons. The molecule has 1 atom stereocenters. The van der Waals surface area contributed by atoms with Gasteiger partial charge in [0.05, 0.1) is 11.5 Å². The van der Waals surface area contributed by atoms with Crippen molar-refractivity contribution >= 4 is 7.28 Å². The van der Waals surface area contributed by atoms with E-state index in [1.165, 1.54) is 0 Å². The van der Waals surface area contributed by atoms with Crippen molar-refractivity contribution in [3.05, 3.63) is 4.91 Å². The molecule has 3 nitrogen and oxygen atoms in total. The van der Waals surface area contributed by atoms with E-state index in [9.17, 15) is 4.91 Å². The Balaban J connectivity index is 2.63. The summed E-state index contributed by atoms with van der Waals surface area (Å²) in [6, 6.07) is 0. The molecule has 0 aromatic rings. The van der Waals surface area contributed by atoms with Crippen molar-refractivity contribution in [2.24, 2.45) is 5.18 Å². The molecular formula is C7H13BNO2. The number of nitroso groups, excluding NO2 is 1. The van der Waals surface area contributed by atoms with E-state index < -0.39 is 5.60 Å². The summed E-state index contributed by atoms with van der Waals surface area (Å²) < 4.78 is 5.47. The summed E-state index contributed by atoms with van der Waals surface area (Å²) in [6.45, 7) is 4.54. The summed E-state index contributed by atoms with van der Waals surface area (Å²) in [7, 11) is 1.94. The highest BCUT2D eigenvalue weighted by Crippen LogP contribution is 2.21. The molecule has 11 heavy (non-hydrogen) atoms. The molecule has 0 amide bonds. The lowest BCUT2D eigenvalue weighted by Gasteiger charge is -2.26. The van der Waals surface area contributed by atoms with Gasteiger partial charge in [-0.05, 0) is 20.3 Å². The van der Waals surface area contributed by atoms with Crippen LogP contribution < -0.4 is 0 Å². The normalized spacial score (nSPS) is 30.2. The number of hydrogen-bond donors (Lipinski definition) is 0. The third kappa shape index (κ3) is 2.02. The van der Waals surface area contributed by atoms with Crippen molar-refractivity contribution in [2.75, 3.05) is 6.61 Å². The maximum atomic E-state index is 10.4. The topological polar surface area (TPSA) is 38.7 Å². The van der Waals surface area contributed by atoms with Crippen LogP contribution in [-0.2, 0) is 4.74 Å². The second-order valence-electron chi connectivity index (χ2n) is 3.38. The van der Waals surface area contributed by atoms with Gasteiger partial charge in [0.1, 0.15) is 0 Å². The number of rotatable bonds is 1. The lowest BCUT2D eigenvalue weighted by Crippen LogP contribution is -2.39. The number of nitrogens with zero attached hydrogens (tertiary/aromatic N) is 1. The predicted molar refractivity (Wildman–Crippen MR) is 44.8 cm³/mol. The Morgan fingerprint density at radius 2 is 2.36 bits per heavy atom. The Hall–Kier alpha value is -0.375. The standard InChI is InChI=1S/C7H13BNO2/c1-7(2)6(9-10)8-4-3-5-11-7/h6H,3-5H2,1-2H3/t6-/m1/s1. The Bertz CT molecular complexity index is 149. The van der Waals surface area contributed by atoms with Gasteiger partial charge in [-0.15, -0.1) is 0 Å². The molecule has 0 spiro atoms.